The first-order valence-electron chi connectivity index (χ1n) is 8.55. The molecule has 0 saturated heterocycles. The standard InChI is InChI=1S/C21H18ClFO4S/c1-26-21(25)19-12-17(13-3-6-15(7-4-13)27-10-2-9-24)20(28-19)16-8-5-14(23)11-18(16)22/h3-8,11-12,24H,2,9-10H2,1H3. The van der Waals surface area contributed by atoms with Crippen LogP contribution in [0.2, 0.25) is 5.02 Å². The lowest BCUT2D eigenvalue weighted by molar-refractivity contribution is 0.0606. The van der Waals surface area contributed by atoms with Crippen molar-refractivity contribution in [3.8, 4) is 27.3 Å². The fraction of sp³-hybridized carbons (Fsp3) is 0.190. The summed E-state index contributed by atoms with van der Waals surface area (Å²) in [5, 5.41) is 9.10. The number of aliphatic hydroxyl groups excluding tert-OH is 1. The molecular formula is C21H18ClFO4S. The molecule has 0 aliphatic carbocycles. The van der Waals surface area contributed by atoms with E-state index in [9.17, 15) is 9.18 Å². The van der Waals surface area contributed by atoms with Gasteiger partial charge in [-0.1, -0.05) is 23.7 Å². The molecule has 3 rings (SSSR count). The summed E-state index contributed by atoms with van der Waals surface area (Å²) in [6.45, 7) is 0.502. The molecule has 4 nitrogen and oxygen atoms in total. The van der Waals surface area contributed by atoms with Gasteiger partial charge in [-0.3, -0.25) is 0 Å². The molecular weight excluding hydrogens is 403 g/mol. The van der Waals surface area contributed by atoms with Crippen LogP contribution in [-0.2, 0) is 4.74 Å². The first-order chi connectivity index (χ1) is 13.5. The van der Waals surface area contributed by atoms with Crippen LogP contribution in [0.4, 0.5) is 4.39 Å². The van der Waals surface area contributed by atoms with Gasteiger partial charge in [-0.2, -0.15) is 0 Å². The smallest absolute Gasteiger partial charge is 0.348 e. The van der Waals surface area contributed by atoms with E-state index in [0.717, 1.165) is 16.0 Å². The first-order valence-corrected chi connectivity index (χ1v) is 9.74. The summed E-state index contributed by atoms with van der Waals surface area (Å²) in [4.78, 5) is 13.2. The number of benzene rings is 2. The Morgan fingerprint density at radius 2 is 1.89 bits per heavy atom. The molecule has 0 radical (unpaired) electrons. The number of rotatable bonds is 7. The predicted octanol–water partition coefficient (Wildman–Crippen LogP) is 5.42. The Bertz CT molecular complexity index is 969. The predicted molar refractivity (Wildman–Crippen MR) is 109 cm³/mol. The van der Waals surface area contributed by atoms with Gasteiger partial charge >= 0.3 is 5.97 Å². The summed E-state index contributed by atoms with van der Waals surface area (Å²) in [5.74, 6) is -0.189. The van der Waals surface area contributed by atoms with Crippen molar-refractivity contribution in [1.82, 2.24) is 0 Å². The van der Waals surface area contributed by atoms with E-state index in [1.54, 1.807) is 12.1 Å². The number of halogens is 2. The number of ether oxygens (including phenoxy) is 2. The van der Waals surface area contributed by atoms with Crippen LogP contribution in [0.25, 0.3) is 21.6 Å². The number of methoxy groups -OCH3 is 1. The minimum Gasteiger partial charge on any atom is -0.494 e. The topological polar surface area (TPSA) is 55.8 Å². The number of hydrogen-bond acceptors (Lipinski definition) is 5. The molecule has 0 bridgehead atoms. The number of esters is 1. The number of carbonyl (C=O) groups is 1. The van der Waals surface area contributed by atoms with Gasteiger partial charge in [0.05, 0.1) is 18.7 Å². The zero-order valence-corrected chi connectivity index (χ0v) is 16.6. The maximum absolute atomic E-state index is 13.5. The molecule has 1 N–H and O–H groups in total. The maximum atomic E-state index is 13.5. The van der Waals surface area contributed by atoms with Crippen molar-refractivity contribution >= 4 is 28.9 Å². The summed E-state index contributed by atoms with van der Waals surface area (Å²) in [6, 6.07) is 13.3. The Hall–Kier alpha value is -2.41. The third kappa shape index (κ3) is 4.52. The van der Waals surface area contributed by atoms with Crippen LogP contribution in [0, 0.1) is 5.82 Å². The highest BCUT2D eigenvalue weighted by Crippen LogP contribution is 2.42. The molecule has 0 atom stereocenters. The molecule has 28 heavy (non-hydrogen) atoms. The Morgan fingerprint density at radius 1 is 1.14 bits per heavy atom. The lowest BCUT2D eigenvalue weighted by Gasteiger charge is -2.08. The molecule has 0 amide bonds. The van der Waals surface area contributed by atoms with E-state index in [1.807, 2.05) is 24.3 Å². The van der Waals surface area contributed by atoms with Gasteiger partial charge in [-0.25, -0.2) is 9.18 Å². The lowest BCUT2D eigenvalue weighted by Crippen LogP contribution is -1.99. The first kappa shape index (κ1) is 20.3. The summed E-state index contributed by atoms with van der Waals surface area (Å²) in [7, 11) is 1.32. The minimum absolute atomic E-state index is 0.0745. The molecule has 146 valence electrons. The highest BCUT2D eigenvalue weighted by atomic mass is 35.5. The van der Waals surface area contributed by atoms with Crippen molar-refractivity contribution in [2.24, 2.45) is 0 Å². The highest BCUT2D eigenvalue weighted by molar-refractivity contribution is 7.18. The van der Waals surface area contributed by atoms with E-state index >= 15 is 0 Å². The van der Waals surface area contributed by atoms with Crippen LogP contribution in [0.1, 0.15) is 16.1 Å². The van der Waals surface area contributed by atoms with Crippen molar-refractivity contribution in [2.75, 3.05) is 20.3 Å². The normalized spacial score (nSPS) is 10.7. The van der Waals surface area contributed by atoms with Crippen LogP contribution < -0.4 is 4.74 Å². The number of aliphatic hydroxyl groups is 1. The van der Waals surface area contributed by atoms with E-state index in [-0.39, 0.29) is 11.6 Å². The number of thiophene rings is 1. The molecule has 2 aromatic carbocycles. The zero-order valence-electron chi connectivity index (χ0n) is 15.1. The quantitative estimate of drug-likeness (QED) is 0.409. The van der Waals surface area contributed by atoms with E-state index in [2.05, 4.69) is 0 Å². The van der Waals surface area contributed by atoms with Gasteiger partial charge in [0.1, 0.15) is 16.4 Å². The second-order valence-electron chi connectivity index (χ2n) is 5.92. The zero-order chi connectivity index (χ0) is 20.1. The molecule has 1 aromatic heterocycles. The number of carbonyl (C=O) groups excluding carboxylic acids is 1. The van der Waals surface area contributed by atoms with Gasteiger partial charge in [0.25, 0.3) is 0 Å². The SMILES string of the molecule is COC(=O)c1cc(-c2ccc(OCCCO)cc2)c(-c2ccc(F)cc2Cl)s1. The van der Waals surface area contributed by atoms with Gasteiger partial charge in [0.15, 0.2) is 0 Å². The van der Waals surface area contributed by atoms with Gasteiger partial charge in [0, 0.05) is 29.0 Å². The van der Waals surface area contributed by atoms with Gasteiger partial charge in [0.2, 0.25) is 0 Å². The summed E-state index contributed by atoms with van der Waals surface area (Å²) < 4.78 is 23.9. The van der Waals surface area contributed by atoms with Crippen molar-refractivity contribution in [2.45, 2.75) is 6.42 Å². The van der Waals surface area contributed by atoms with Crippen molar-refractivity contribution in [3.63, 3.8) is 0 Å². The molecule has 1 heterocycles. The fourth-order valence-corrected chi connectivity index (χ4v) is 4.12. The Labute approximate surface area is 171 Å². The van der Waals surface area contributed by atoms with Gasteiger partial charge < -0.3 is 14.6 Å². The molecule has 0 unspecified atom stereocenters. The molecule has 0 saturated carbocycles. The minimum atomic E-state index is -0.445. The third-order valence-electron chi connectivity index (χ3n) is 4.03. The largest absolute Gasteiger partial charge is 0.494 e. The van der Waals surface area contributed by atoms with E-state index in [0.29, 0.717) is 29.2 Å². The molecule has 7 heteroatoms. The average molecular weight is 421 g/mol. The summed E-state index contributed by atoms with van der Waals surface area (Å²) in [5.41, 5.74) is 2.29. The monoisotopic (exact) mass is 420 g/mol. The molecule has 0 aliphatic rings. The van der Waals surface area contributed by atoms with Crippen molar-refractivity contribution in [3.05, 3.63) is 64.2 Å². The van der Waals surface area contributed by atoms with Crippen LogP contribution in [-0.4, -0.2) is 31.4 Å². The Balaban J connectivity index is 2.01. The third-order valence-corrected chi connectivity index (χ3v) is 5.49. The van der Waals surface area contributed by atoms with Crippen LogP contribution in [0.15, 0.2) is 48.5 Å². The fourth-order valence-electron chi connectivity index (χ4n) is 2.67. The average Bonchev–Trinajstić information content (AvgIpc) is 3.13. The molecule has 3 aromatic rings. The summed E-state index contributed by atoms with van der Waals surface area (Å²) >= 11 is 7.49. The van der Waals surface area contributed by atoms with Crippen LogP contribution in [0.5, 0.6) is 5.75 Å². The van der Waals surface area contributed by atoms with Gasteiger partial charge in [-0.05, 0) is 42.0 Å². The van der Waals surface area contributed by atoms with E-state index in [4.69, 9.17) is 26.2 Å². The lowest BCUT2D eigenvalue weighted by atomic mass is 10.0. The van der Waals surface area contributed by atoms with Crippen LogP contribution >= 0.6 is 22.9 Å². The molecule has 0 aliphatic heterocycles. The summed E-state index contributed by atoms with van der Waals surface area (Å²) in [6.07, 6.45) is 0.558. The van der Waals surface area contributed by atoms with Crippen molar-refractivity contribution < 1.29 is 23.8 Å². The van der Waals surface area contributed by atoms with E-state index < -0.39 is 11.8 Å². The van der Waals surface area contributed by atoms with Crippen molar-refractivity contribution in [1.29, 1.82) is 0 Å². The molecule has 0 spiro atoms. The second-order valence-corrected chi connectivity index (χ2v) is 7.38. The Morgan fingerprint density at radius 3 is 2.54 bits per heavy atom. The van der Waals surface area contributed by atoms with Gasteiger partial charge in [-0.15, -0.1) is 11.3 Å². The van der Waals surface area contributed by atoms with E-state index in [1.165, 1.54) is 30.6 Å². The molecule has 0 fully saturated rings. The van der Waals surface area contributed by atoms with Crippen LogP contribution in [0.3, 0.4) is 0 Å². The Kier molecular flexibility index (Phi) is 6.67. The highest BCUT2D eigenvalue weighted by Gasteiger charge is 2.19. The number of hydrogen-bond donors (Lipinski definition) is 1. The second kappa shape index (κ2) is 9.19. The maximum Gasteiger partial charge on any atom is 0.348 e.